The third-order valence-electron chi connectivity index (χ3n) is 5.16. The van der Waals surface area contributed by atoms with E-state index in [1.54, 1.807) is 0 Å². The summed E-state index contributed by atoms with van der Waals surface area (Å²) in [7, 11) is 0. The lowest BCUT2D eigenvalue weighted by molar-refractivity contribution is -0.121. The maximum absolute atomic E-state index is 12.3. The van der Waals surface area contributed by atoms with Gasteiger partial charge < -0.3 is 19.5 Å². The molecule has 0 bridgehead atoms. The Morgan fingerprint density at radius 1 is 1.17 bits per heavy atom. The molecule has 4 rings (SSSR count). The number of anilines is 1. The van der Waals surface area contributed by atoms with E-state index in [9.17, 15) is 4.79 Å². The van der Waals surface area contributed by atoms with Crippen molar-refractivity contribution < 1.29 is 14.1 Å². The fraction of sp³-hybridized carbons (Fsp3) is 0.429. The highest BCUT2D eigenvalue weighted by molar-refractivity contribution is 5.88. The summed E-state index contributed by atoms with van der Waals surface area (Å²) in [6, 6.07) is 8.03. The monoisotopic (exact) mass is 395 g/mol. The Labute approximate surface area is 169 Å². The number of amides is 1. The lowest BCUT2D eigenvalue weighted by Gasteiger charge is -2.28. The molecular weight excluding hydrogens is 370 g/mol. The van der Waals surface area contributed by atoms with Gasteiger partial charge in [0.15, 0.2) is 0 Å². The normalized spacial score (nSPS) is 14.3. The van der Waals surface area contributed by atoms with Crippen LogP contribution in [0.5, 0.6) is 0 Å². The summed E-state index contributed by atoms with van der Waals surface area (Å²) in [4.78, 5) is 23.7. The summed E-state index contributed by atoms with van der Waals surface area (Å²) >= 11 is 0. The Kier molecular flexibility index (Phi) is 5.71. The van der Waals surface area contributed by atoms with Crippen molar-refractivity contribution in [1.82, 2.24) is 20.4 Å². The molecule has 3 aromatic rings. The number of morpholine rings is 1. The van der Waals surface area contributed by atoms with E-state index in [0.717, 1.165) is 41.1 Å². The molecule has 8 heteroatoms. The van der Waals surface area contributed by atoms with Crippen LogP contribution >= 0.6 is 0 Å². The number of nitrogens with zero attached hydrogens (tertiary/aromatic N) is 4. The first-order valence-electron chi connectivity index (χ1n) is 9.88. The molecule has 3 heterocycles. The van der Waals surface area contributed by atoms with Gasteiger partial charge in [0.05, 0.1) is 18.9 Å². The molecular formula is C21H25N5O3. The van der Waals surface area contributed by atoms with Gasteiger partial charge in [0, 0.05) is 32.5 Å². The Hall–Kier alpha value is -3.00. The predicted molar refractivity (Wildman–Crippen MR) is 109 cm³/mol. The minimum atomic E-state index is -0.0291. The average molecular weight is 395 g/mol. The van der Waals surface area contributed by atoms with Gasteiger partial charge >= 0.3 is 0 Å². The van der Waals surface area contributed by atoms with Crippen LogP contribution in [0.2, 0.25) is 0 Å². The van der Waals surface area contributed by atoms with Crippen LogP contribution in [0.25, 0.3) is 11.1 Å². The number of hydrogen-bond acceptors (Lipinski definition) is 7. The number of nitrogens with one attached hydrogen (secondary N) is 1. The highest BCUT2D eigenvalue weighted by atomic mass is 16.5. The molecule has 1 aliphatic heterocycles. The van der Waals surface area contributed by atoms with Crippen molar-refractivity contribution in [3.63, 3.8) is 0 Å². The van der Waals surface area contributed by atoms with Crippen LogP contribution in [0.4, 0.5) is 5.82 Å². The topological polar surface area (TPSA) is 93.4 Å². The largest absolute Gasteiger partial charge is 0.378 e. The molecule has 0 spiro atoms. The molecule has 0 radical (unpaired) electrons. The average Bonchev–Trinajstić information content (AvgIpc) is 3.12. The minimum absolute atomic E-state index is 0.0291. The van der Waals surface area contributed by atoms with Crippen LogP contribution in [0.3, 0.4) is 0 Å². The summed E-state index contributed by atoms with van der Waals surface area (Å²) in [6.07, 6.45) is 0.750. The zero-order valence-electron chi connectivity index (χ0n) is 16.8. The Morgan fingerprint density at radius 2 is 1.97 bits per heavy atom. The van der Waals surface area contributed by atoms with Crippen molar-refractivity contribution in [2.45, 2.75) is 33.2 Å². The number of carbonyl (C=O) groups is 1. The van der Waals surface area contributed by atoms with E-state index in [4.69, 9.17) is 14.2 Å². The molecule has 1 aromatic carbocycles. The summed E-state index contributed by atoms with van der Waals surface area (Å²) in [6.45, 7) is 7.28. The van der Waals surface area contributed by atoms with Crippen molar-refractivity contribution in [2.24, 2.45) is 0 Å². The quantitative estimate of drug-likeness (QED) is 0.684. The van der Waals surface area contributed by atoms with Crippen molar-refractivity contribution in [3.8, 4) is 0 Å². The molecule has 29 heavy (non-hydrogen) atoms. The summed E-state index contributed by atoms with van der Waals surface area (Å²) in [5.74, 6) is 1.37. The van der Waals surface area contributed by atoms with E-state index in [1.807, 2.05) is 38.1 Å². The molecule has 1 aliphatic rings. The van der Waals surface area contributed by atoms with Gasteiger partial charge in [-0.2, -0.15) is 4.98 Å². The lowest BCUT2D eigenvalue weighted by atomic mass is 10.1. The maximum Gasteiger partial charge on any atom is 0.263 e. The maximum atomic E-state index is 12.3. The Balaban J connectivity index is 1.45. The van der Waals surface area contributed by atoms with Crippen LogP contribution in [-0.4, -0.2) is 47.3 Å². The highest BCUT2D eigenvalue weighted by Gasteiger charge is 2.21. The number of benzene rings is 1. The lowest BCUT2D eigenvalue weighted by Crippen LogP contribution is -2.37. The van der Waals surface area contributed by atoms with Gasteiger partial charge in [0.25, 0.3) is 5.71 Å². The number of fused-ring (bicyclic) bond motifs is 1. The van der Waals surface area contributed by atoms with Gasteiger partial charge in [-0.05, 0) is 25.0 Å². The number of rotatable bonds is 6. The van der Waals surface area contributed by atoms with Crippen LogP contribution in [0.15, 0.2) is 28.8 Å². The number of aromatic nitrogens is 3. The Bertz CT molecular complexity index is 1010. The third-order valence-corrected chi connectivity index (χ3v) is 5.16. The molecule has 152 valence electrons. The Morgan fingerprint density at radius 3 is 2.76 bits per heavy atom. The summed E-state index contributed by atoms with van der Waals surface area (Å²) in [5.41, 5.74) is 3.51. The van der Waals surface area contributed by atoms with Crippen molar-refractivity contribution >= 4 is 22.8 Å². The second-order valence-electron chi connectivity index (χ2n) is 7.21. The zero-order valence-corrected chi connectivity index (χ0v) is 16.8. The van der Waals surface area contributed by atoms with Gasteiger partial charge in [0.2, 0.25) is 5.91 Å². The highest BCUT2D eigenvalue weighted by Crippen LogP contribution is 2.27. The molecule has 1 amide bonds. The first-order valence-corrected chi connectivity index (χ1v) is 9.88. The molecule has 0 unspecified atom stereocenters. The standard InChI is InChI=1S/C21H25N5O3/c1-14-5-3-4-6-16(14)13-22-18(27)8-7-17-23-20(26-9-11-28-12-10-26)19-15(2)25-29-21(19)24-17/h3-6H,7-13H2,1-2H3,(H,22,27). The van der Waals surface area contributed by atoms with Gasteiger partial charge in [-0.3, -0.25) is 4.79 Å². The number of ether oxygens (including phenoxy) is 1. The first-order chi connectivity index (χ1) is 14.1. The van der Waals surface area contributed by atoms with E-state index >= 15 is 0 Å². The number of aryl methyl sites for hydroxylation is 3. The van der Waals surface area contributed by atoms with Crippen LogP contribution < -0.4 is 10.2 Å². The van der Waals surface area contributed by atoms with E-state index < -0.39 is 0 Å². The SMILES string of the molecule is Cc1ccccc1CNC(=O)CCc1nc(N2CCOCC2)c2c(C)noc2n1. The van der Waals surface area contributed by atoms with E-state index in [2.05, 4.69) is 20.4 Å². The molecule has 0 saturated carbocycles. The second kappa shape index (κ2) is 8.57. The van der Waals surface area contributed by atoms with Gasteiger partial charge in [-0.25, -0.2) is 4.98 Å². The molecule has 0 atom stereocenters. The summed E-state index contributed by atoms with van der Waals surface area (Å²) in [5, 5.41) is 7.85. The fourth-order valence-corrected chi connectivity index (χ4v) is 3.44. The molecule has 2 aromatic heterocycles. The van der Waals surface area contributed by atoms with E-state index in [-0.39, 0.29) is 5.91 Å². The number of carbonyl (C=O) groups excluding carboxylic acids is 1. The third kappa shape index (κ3) is 4.37. The molecule has 1 N–H and O–H groups in total. The second-order valence-corrected chi connectivity index (χ2v) is 7.21. The van der Waals surface area contributed by atoms with Crippen LogP contribution in [0.1, 0.15) is 29.1 Å². The van der Waals surface area contributed by atoms with Crippen LogP contribution in [0, 0.1) is 13.8 Å². The zero-order chi connectivity index (χ0) is 20.2. The fourth-order valence-electron chi connectivity index (χ4n) is 3.44. The smallest absolute Gasteiger partial charge is 0.263 e. The molecule has 1 fully saturated rings. The van der Waals surface area contributed by atoms with Gasteiger partial charge in [-0.15, -0.1) is 0 Å². The van der Waals surface area contributed by atoms with Crippen molar-refractivity contribution in [1.29, 1.82) is 0 Å². The van der Waals surface area contributed by atoms with Crippen molar-refractivity contribution in [3.05, 3.63) is 46.9 Å². The minimum Gasteiger partial charge on any atom is -0.378 e. The molecule has 0 aliphatic carbocycles. The van der Waals surface area contributed by atoms with Crippen molar-refractivity contribution in [2.75, 3.05) is 31.2 Å². The molecule has 8 nitrogen and oxygen atoms in total. The summed E-state index contributed by atoms with van der Waals surface area (Å²) < 4.78 is 10.8. The van der Waals surface area contributed by atoms with E-state index in [1.165, 1.54) is 0 Å². The number of hydrogen-bond donors (Lipinski definition) is 1. The van der Waals surface area contributed by atoms with Crippen LogP contribution in [-0.2, 0) is 22.5 Å². The predicted octanol–water partition coefficient (Wildman–Crippen LogP) is 2.32. The molecule has 1 saturated heterocycles. The van der Waals surface area contributed by atoms with E-state index in [0.29, 0.717) is 44.1 Å². The first kappa shape index (κ1) is 19.3. The van der Waals surface area contributed by atoms with Gasteiger partial charge in [0.1, 0.15) is 17.0 Å². The van der Waals surface area contributed by atoms with Gasteiger partial charge in [-0.1, -0.05) is 29.4 Å².